The van der Waals surface area contributed by atoms with E-state index in [1.54, 1.807) is 0 Å². The fraction of sp³-hybridized carbons (Fsp3) is 0.800. The van der Waals surface area contributed by atoms with E-state index in [0.717, 1.165) is 56.7 Å². The zero-order valence-corrected chi connectivity index (χ0v) is 13.4. The van der Waals surface area contributed by atoms with Gasteiger partial charge in [-0.3, -0.25) is 4.79 Å². The van der Waals surface area contributed by atoms with Gasteiger partial charge in [0.2, 0.25) is 5.91 Å². The molecule has 21 heavy (non-hydrogen) atoms. The third-order valence-electron chi connectivity index (χ3n) is 4.82. The minimum Gasteiger partial charge on any atom is -0.368 e. The van der Waals surface area contributed by atoms with E-state index in [4.69, 9.17) is 5.73 Å². The molecule has 2 atom stereocenters. The summed E-state index contributed by atoms with van der Waals surface area (Å²) in [6.07, 6.45) is 5.56. The van der Waals surface area contributed by atoms with E-state index >= 15 is 0 Å². The van der Waals surface area contributed by atoms with Crippen LogP contribution in [0.3, 0.4) is 0 Å². The van der Waals surface area contributed by atoms with E-state index < -0.39 is 5.54 Å². The summed E-state index contributed by atoms with van der Waals surface area (Å²) in [5.74, 6) is 1.97. The molecule has 0 radical (unpaired) electrons. The van der Waals surface area contributed by atoms with E-state index in [1.165, 1.54) is 0 Å². The number of nitrogens with zero attached hydrogens (tertiary/aromatic N) is 3. The Bertz CT molecular complexity index is 498. The van der Waals surface area contributed by atoms with Gasteiger partial charge in [0.1, 0.15) is 11.4 Å². The monoisotopic (exact) mass is 293 g/mol. The average molecular weight is 293 g/mol. The highest BCUT2D eigenvalue weighted by Crippen LogP contribution is 2.37. The Morgan fingerprint density at radius 1 is 1.48 bits per heavy atom. The van der Waals surface area contributed by atoms with Crippen molar-refractivity contribution in [1.82, 2.24) is 20.1 Å². The van der Waals surface area contributed by atoms with Gasteiger partial charge in [0, 0.05) is 19.4 Å². The van der Waals surface area contributed by atoms with Gasteiger partial charge in [-0.15, -0.1) is 0 Å². The van der Waals surface area contributed by atoms with Crippen LogP contribution in [0.2, 0.25) is 0 Å². The molecule has 1 amide bonds. The van der Waals surface area contributed by atoms with Crippen molar-refractivity contribution in [1.29, 1.82) is 0 Å². The van der Waals surface area contributed by atoms with Crippen LogP contribution in [0.15, 0.2) is 0 Å². The predicted octanol–water partition coefficient (Wildman–Crippen LogP) is 1.04. The molecule has 1 saturated carbocycles. The predicted molar refractivity (Wildman–Crippen MR) is 81.7 cm³/mol. The number of hydrogen-bond acceptors (Lipinski definition) is 4. The number of carbonyl (C=O) groups excluding carboxylic acids is 1. The highest BCUT2D eigenvalue weighted by atomic mass is 16.1. The van der Waals surface area contributed by atoms with E-state index in [1.807, 2.05) is 11.7 Å². The summed E-state index contributed by atoms with van der Waals surface area (Å²) in [5.41, 5.74) is 5.11. The number of carbonyl (C=O) groups is 1. The number of likely N-dealkylation sites (N-methyl/N-ethyl adjacent to an activating group) is 1. The summed E-state index contributed by atoms with van der Waals surface area (Å²) in [5, 5.41) is 7.74. The summed E-state index contributed by atoms with van der Waals surface area (Å²) in [4.78, 5) is 16.4. The van der Waals surface area contributed by atoms with Gasteiger partial charge in [-0.25, -0.2) is 9.67 Å². The van der Waals surface area contributed by atoms with Crippen LogP contribution in [0.25, 0.3) is 0 Å². The first-order valence-electron chi connectivity index (χ1n) is 7.98. The van der Waals surface area contributed by atoms with Crippen LogP contribution in [0.5, 0.6) is 0 Å². The van der Waals surface area contributed by atoms with Gasteiger partial charge in [-0.05, 0) is 32.2 Å². The molecule has 0 aliphatic heterocycles. The number of primary amides is 1. The van der Waals surface area contributed by atoms with Gasteiger partial charge in [0.05, 0.1) is 0 Å². The zero-order chi connectivity index (χ0) is 15.5. The second-order valence-electron chi connectivity index (χ2n) is 5.84. The van der Waals surface area contributed by atoms with Crippen molar-refractivity contribution < 1.29 is 4.79 Å². The largest absolute Gasteiger partial charge is 0.368 e. The number of aryl methyl sites for hydroxylation is 3. The first kappa shape index (κ1) is 15.9. The maximum Gasteiger partial charge on any atom is 0.238 e. The lowest BCUT2D eigenvalue weighted by molar-refractivity contribution is -0.125. The van der Waals surface area contributed by atoms with Gasteiger partial charge in [-0.1, -0.05) is 20.3 Å². The normalized spacial score (nSPS) is 25.4. The molecule has 0 saturated heterocycles. The highest BCUT2D eigenvalue weighted by Gasteiger charge is 2.46. The Morgan fingerprint density at radius 3 is 2.81 bits per heavy atom. The Hall–Kier alpha value is -1.43. The second-order valence-corrected chi connectivity index (χ2v) is 5.84. The molecule has 1 aliphatic rings. The minimum atomic E-state index is -0.541. The quantitative estimate of drug-likeness (QED) is 0.786. The van der Waals surface area contributed by atoms with Crippen LogP contribution in [-0.2, 0) is 24.2 Å². The van der Waals surface area contributed by atoms with Gasteiger partial charge in [0.15, 0.2) is 5.82 Å². The summed E-state index contributed by atoms with van der Waals surface area (Å²) in [6.45, 7) is 4.96. The molecule has 2 rings (SSSR count). The van der Waals surface area contributed by atoms with Crippen molar-refractivity contribution in [3.63, 3.8) is 0 Å². The summed E-state index contributed by atoms with van der Waals surface area (Å²) in [6, 6.07) is 0. The molecule has 1 aromatic heterocycles. The van der Waals surface area contributed by atoms with Crippen molar-refractivity contribution in [2.75, 3.05) is 7.05 Å². The summed E-state index contributed by atoms with van der Waals surface area (Å²) >= 11 is 0. The van der Waals surface area contributed by atoms with Crippen molar-refractivity contribution in [2.45, 2.75) is 64.5 Å². The van der Waals surface area contributed by atoms with Gasteiger partial charge < -0.3 is 11.1 Å². The van der Waals surface area contributed by atoms with Crippen LogP contribution < -0.4 is 11.1 Å². The number of nitrogens with two attached hydrogens (primary N) is 1. The molecule has 1 aromatic rings. The number of hydrogen-bond donors (Lipinski definition) is 2. The molecule has 0 aromatic carbocycles. The van der Waals surface area contributed by atoms with Crippen molar-refractivity contribution in [3.05, 3.63) is 11.6 Å². The van der Waals surface area contributed by atoms with Crippen LogP contribution in [-0.4, -0.2) is 33.3 Å². The molecular weight excluding hydrogens is 266 g/mol. The molecule has 6 heteroatoms. The van der Waals surface area contributed by atoms with Crippen LogP contribution in [0.4, 0.5) is 0 Å². The number of aromatic nitrogens is 3. The minimum absolute atomic E-state index is 0.226. The maximum atomic E-state index is 11.9. The molecule has 1 fully saturated rings. The van der Waals surface area contributed by atoms with Crippen molar-refractivity contribution in [2.24, 2.45) is 11.7 Å². The number of nitrogens with one attached hydrogen (secondary N) is 1. The third-order valence-corrected chi connectivity index (χ3v) is 4.82. The molecule has 6 nitrogen and oxygen atoms in total. The Balaban J connectivity index is 2.08. The number of rotatable bonds is 7. The molecular formula is C15H27N5O. The van der Waals surface area contributed by atoms with Gasteiger partial charge in [0.25, 0.3) is 0 Å². The Morgan fingerprint density at radius 2 is 2.24 bits per heavy atom. The lowest BCUT2D eigenvalue weighted by Gasteiger charge is -2.32. The van der Waals surface area contributed by atoms with Crippen molar-refractivity contribution >= 4 is 5.91 Å². The Labute approximate surface area is 126 Å². The summed E-state index contributed by atoms with van der Waals surface area (Å²) < 4.78 is 2.00. The van der Waals surface area contributed by atoms with Crippen LogP contribution in [0.1, 0.15) is 51.2 Å². The van der Waals surface area contributed by atoms with Crippen LogP contribution >= 0.6 is 0 Å². The fourth-order valence-electron chi connectivity index (χ4n) is 3.54. The fourth-order valence-corrected chi connectivity index (χ4v) is 3.54. The molecule has 3 N–H and O–H groups in total. The Kier molecular flexibility index (Phi) is 4.98. The lowest BCUT2D eigenvalue weighted by atomic mass is 9.84. The topological polar surface area (TPSA) is 85.8 Å². The first-order chi connectivity index (χ1) is 10.1. The average Bonchev–Trinajstić information content (AvgIpc) is 3.08. The third kappa shape index (κ3) is 2.95. The molecule has 2 unspecified atom stereocenters. The number of amides is 1. The lowest BCUT2D eigenvalue weighted by Crippen LogP contribution is -2.56. The van der Waals surface area contributed by atoms with Gasteiger partial charge >= 0.3 is 0 Å². The molecule has 118 valence electrons. The van der Waals surface area contributed by atoms with E-state index in [2.05, 4.69) is 29.2 Å². The molecule has 0 spiro atoms. The molecule has 0 bridgehead atoms. The zero-order valence-electron chi connectivity index (χ0n) is 13.4. The molecule has 1 heterocycles. The van der Waals surface area contributed by atoms with Crippen LogP contribution in [0, 0.1) is 5.92 Å². The van der Waals surface area contributed by atoms with E-state index in [0.29, 0.717) is 0 Å². The maximum absolute atomic E-state index is 11.9. The second kappa shape index (κ2) is 6.56. The summed E-state index contributed by atoms with van der Waals surface area (Å²) in [7, 11) is 1.84. The first-order valence-corrected chi connectivity index (χ1v) is 7.98. The highest BCUT2D eigenvalue weighted by molar-refractivity contribution is 5.85. The standard InChI is InChI=1S/C15H27N5O/c1-4-12-18-13(5-2)20(19-12)10-8-11-7-6-9-15(11,17-3)14(16)21/h11,17H,4-10H2,1-3H3,(H2,16,21). The van der Waals surface area contributed by atoms with E-state index in [-0.39, 0.29) is 11.8 Å². The molecule has 1 aliphatic carbocycles. The smallest absolute Gasteiger partial charge is 0.238 e. The SMILES string of the molecule is CCc1nc(CC)n(CCC2CCCC2(NC)C(N)=O)n1. The van der Waals surface area contributed by atoms with Gasteiger partial charge in [-0.2, -0.15) is 5.10 Å². The van der Waals surface area contributed by atoms with Crippen molar-refractivity contribution in [3.8, 4) is 0 Å². The van der Waals surface area contributed by atoms with E-state index in [9.17, 15) is 4.79 Å².